The number of carbonyl (C=O) groups excluding carboxylic acids is 1. The molecule has 0 aromatic rings. The molecule has 0 amide bonds. The predicted molar refractivity (Wildman–Crippen MR) is 112 cm³/mol. The van der Waals surface area contributed by atoms with Crippen molar-refractivity contribution in [2.24, 2.45) is 23.7 Å². The third-order valence-corrected chi connectivity index (χ3v) is 7.10. The van der Waals surface area contributed by atoms with Gasteiger partial charge < -0.3 is 30.5 Å². The van der Waals surface area contributed by atoms with Gasteiger partial charge in [-0.15, -0.1) is 0 Å². The van der Waals surface area contributed by atoms with Crippen LogP contribution in [0, 0.1) is 23.7 Å². The van der Waals surface area contributed by atoms with Crippen LogP contribution in [0.15, 0.2) is 0 Å². The molecule has 9 unspecified atom stereocenters. The SMILES string of the molecule is CCC1OC(=O)C(C)C(O)C(C)C(C)[C@](C)(O)CC(C)CNC(C)C(O)C1(C)O. The first-order valence-electron chi connectivity index (χ1n) is 10.9. The molecular formula is C22H43NO6. The lowest BCUT2D eigenvalue weighted by Gasteiger charge is -2.39. The summed E-state index contributed by atoms with van der Waals surface area (Å²) in [5.41, 5.74) is -2.69. The van der Waals surface area contributed by atoms with Gasteiger partial charge in [-0.25, -0.2) is 0 Å². The predicted octanol–water partition coefficient (Wildman–Crippen LogP) is 1.46. The smallest absolute Gasteiger partial charge is 0.311 e. The lowest BCUT2D eigenvalue weighted by Crippen LogP contribution is -2.58. The van der Waals surface area contributed by atoms with Crippen LogP contribution >= 0.6 is 0 Å². The van der Waals surface area contributed by atoms with Crippen LogP contribution in [0.2, 0.25) is 0 Å². The minimum atomic E-state index is -1.66. The number of aliphatic hydroxyl groups is 4. The Morgan fingerprint density at radius 3 is 2.17 bits per heavy atom. The number of aliphatic hydroxyl groups excluding tert-OH is 2. The Kier molecular flexibility index (Phi) is 9.12. The van der Waals surface area contributed by atoms with Crippen LogP contribution in [0.25, 0.3) is 0 Å². The molecule has 0 aromatic heterocycles. The van der Waals surface area contributed by atoms with Crippen LogP contribution in [0.1, 0.15) is 68.2 Å². The van der Waals surface area contributed by atoms with E-state index < -0.39 is 47.4 Å². The second-order valence-corrected chi connectivity index (χ2v) is 9.79. The third kappa shape index (κ3) is 6.14. The fourth-order valence-corrected chi connectivity index (χ4v) is 4.48. The van der Waals surface area contributed by atoms with Crippen molar-refractivity contribution in [1.29, 1.82) is 0 Å². The third-order valence-electron chi connectivity index (χ3n) is 7.10. The van der Waals surface area contributed by atoms with Crippen molar-refractivity contribution in [3.05, 3.63) is 0 Å². The fraction of sp³-hybridized carbons (Fsp3) is 0.955. The first-order chi connectivity index (χ1) is 13.2. The normalized spacial score (nSPS) is 49.0. The molecule has 0 aromatic carbocycles. The number of ether oxygens (including phenoxy) is 1. The van der Waals surface area contributed by atoms with Gasteiger partial charge in [0.15, 0.2) is 0 Å². The molecule has 1 heterocycles. The van der Waals surface area contributed by atoms with Crippen LogP contribution in [0.4, 0.5) is 0 Å². The van der Waals surface area contributed by atoms with Crippen LogP contribution in [0.3, 0.4) is 0 Å². The van der Waals surface area contributed by atoms with E-state index >= 15 is 0 Å². The van der Waals surface area contributed by atoms with Gasteiger partial charge in [-0.1, -0.05) is 27.7 Å². The van der Waals surface area contributed by atoms with Crippen molar-refractivity contribution >= 4 is 5.97 Å². The van der Waals surface area contributed by atoms with E-state index in [0.717, 1.165) is 0 Å². The largest absolute Gasteiger partial charge is 0.459 e. The summed E-state index contributed by atoms with van der Waals surface area (Å²) in [6.07, 6.45) is -2.27. The van der Waals surface area contributed by atoms with Gasteiger partial charge in [0, 0.05) is 6.04 Å². The molecule has 7 heteroatoms. The van der Waals surface area contributed by atoms with Crippen LogP contribution in [0.5, 0.6) is 0 Å². The Labute approximate surface area is 175 Å². The second kappa shape index (κ2) is 10.1. The zero-order chi connectivity index (χ0) is 22.7. The standard InChI is InChI=1S/C22H43NO6/c1-9-17-22(8,28)19(25)16(6)23-11-12(2)10-21(7,27)15(5)13(3)18(24)14(4)20(26)29-17/h12-19,23-25,27-28H,9-11H2,1-8H3/t12?,13?,14?,15?,16?,17?,18?,19?,21-,22?/m1/s1. The van der Waals surface area contributed by atoms with Gasteiger partial charge >= 0.3 is 5.97 Å². The maximum atomic E-state index is 12.7. The lowest BCUT2D eigenvalue weighted by atomic mass is 9.73. The Balaban J connectivity index is 3.28. The molecule has 1 aliphatic heterocycles. The number of nitrogens with one attached hydrogen (secondary N) is 1. The summed E-state index contributed by atoms with van der Waals surface area (Å²) in [7, 11) is 0. The maximum absolute atomic E-state index is 12.7. The summed E-state index contributed by atoms with van der Waals surface area (Å²) in [6, 6.07) is -0.449. The minimum absolute atomic E-state index is 0.0961. The molecule has 29 heavy (non-hydrogen) atoms. The number of hydrogen-bond donors (Lipinski definition) is 5. The van der Waals surface area contributed by atoms with E-state index in [9.17, 15) is 25.2 Å². The quantitative estimate of drug-likeness (QED) is 0.410. The zero-order valence-electron chi connectivity index (χ0n) is 19.3. The summed E-state index contributed by atoms with van der Waals surface area (Å²) in [4.78, 5) is 12.7. The van der Waals surface area contributed by atoms with Crippen LogP contribution in [-0.4, -0.2) is 68.5 Å². The highest BCUT2D eigenvalue weighted by atomic mass is 16.6. The Morgan fingerprint density at radius 2 is 1.66 bits per heavy atom. The van der Waals surface area contributed by atoms with E-state index in [4.69, 9.17) is 4.74 Å². The molecule has 0 spiro atoms. The average Bonchev–Trinajstić information content (AvgIpc) is 2.65. The van der Waals surface area contributed by atoms with Crippen molar-refractivity contribution in [2.75, 3.05) is 6.54 Å². The van der Waals surface area contributed by atoms with Gasteiger partial charge in [-0.3, -0.25) is 4.79 Å². The first-order valence-corrected chi connectivity index (χ1v) is 10.9. The summed E-state index contributed by atoms with van der Waals surface area (Å²) < 4.78 is 5.55. The van der Waals surface area contributed by atoms with E-state index in [1.165, 1.54) is 6.92 Å². The molecule has 0 saturated carbocycles. The molecule has 0 radical (unpaired) electrons. The van der Waals surface area contributed by atoms with E-state index in [2.05, 4.69) is 5.32 Å². The summed E-state index contributed by atoms with van der Waals surface area (Å²) in [5.74, 6) is -1.96. The highest BCUT2D eigenvalue weighted by Gasteiger charge is 2.45. The first kappa shape index (κ1) is 26.3. The van der Waals surface area contributed by atoms with Gasteiger partial charge in [-0.2, -0.15) is 0 Å². The van der Waals surface area contributed by atoms with Crippen LogP contribution < -0.4 is 5.32 Å². The van der Waals surface area contributed by atoms with Crippen molar-refractivity contribution in [2.45, 2.75) is 104 Å². The van der Waals surface area contributed by atoms with E-state index in [1.807, 2.05) is 20.8 Å². The fourth-order valence-electron chi connectivity index (χ4n) is 4.48. The average molecular weight is 418 g/mol. The highest BCUT2D eigenvalue weighted by Crippen LogP contribution is 2.35. The van der Waals surface area contributed by atoms with Crippen LogP contribution in [-0.2, 0) is 9.53 Å². The van der Waals surface area contributed by atoms with E-state index in [-0.39, 0.29) is 17.8 Å². The molecule has 5 N–H and O–H groups in total. The van der Waals surface area contributed by atoms with Gasteiger partial charge in [0.1, 0.15) is 17.8 Å². The van der Waals surface area contributed by atoms with E-state index in [0.29, 0.717) is 19.4 Å². The van der Waals surface area contributed by atoms with E-state index in [1.54, 1.807) is 27.7 Å². The Hall–Kier alpha value is -0.730. The Morgan fingerprint density at radius 1 is 1.10 bits per heavy atom. The van der Waals surface area contributed by atoms with Crippen molar-refractivity contribution in [3.8, 4) is 0 Å². The molecule has 1 saturated heterocycles. The molecule has 0 aliphatic carbocycles. The summed E-state index contributed by atoms with van der Waals surface area (Å²) in [6.45, 7) is 14.6. The summed E-state index contributed by atoms with van der Waals surface area (Å²) in [5, 5.41) is 46.8. The van der Waals surface area contributed by atoms with Crippen molar-refractivity contribution < 1.29 is 30.0 Å². The monoisotopic (exact) mass is 417 g/mol. The van der Waals surface area contributed by atoms with Gasteiger partial charge in [0.05, 0.1) is 17.6 Å². The second-order valence-electron chi connectivity index (χ2n) is 9.79. The molecule has 10 atom stereocenters. The van der Waals surface area contributed by atoms with Crippen molar-refractivity contribution in [3.63, 3.8) is 0 Å². The number of rotatable bonds is 1. The highest BCUT2D eigenvalue weighted by molar-refractivity contribution is 5.73. The molecular weight excluding hydrogens is 374 g/mol. The molecule has 1 fully saturated rings. The zero-order valence-corrected chi connectivity index (χ0v) is 19.3. The lowest BCUT2D eigenvalue weighted by molar-refractivity contribution is -0.189. The molecule has 1 aliphatic rings. The molecule has 1 rings (SSSR count). The number of cyclic esters (lactones) is 1. The minimum Gasteiger partial charge on any atom is -0.459 e. The number of hydrogen-bond acceptors (Lipinski definition) is 7. The topological polar surface area (TPSA) is 119 Å². The van der Waals surface area contributed by atoms with Gasteiger partial charge in [0.25, 0.3) is 0 Å². The number of carbonyl (C=O) groups is 1. The molecule has 172 valence electrons. The van der Waals surface area contributed by atoms with Crippen molar-refractivity contribution in [1.82, 2.24) is 5.32 Å². The van der Waals surface area contributed by atoms with Gasteiger partial charge in [0.2, 0.25) is 0 Å². The maximum Gasteiger partial charge on any atom is 0.311 e. The van der Waals surface area contributed by atoms with Gasteiger partial charge in [-0.05, 0) is 64.8 Å². The molecule has 0 bridgehead atoms. The summed E-state index contributed by atoms with van der Waals surface area (Å²) >= 11 is 0. The number of esters is 1. The Bertz CT molecular complexity index is 537. The molecule has 7 nitrogen and oxygen atoms in total.